The third kappa shape index (κ3) is 2.31. The lowest BCUT2D eigenvalue weighted by Crippen LogP contribution is -2.53. The lowest BCUT2D eigenvalue weighted by atomic mass is 9.46. The standard InChI is InChI=1S/C27H22N2O5/c1-3-27-18-10-6-4-8-16(18)22(17-9-5-7-11-19(17)27)23-24(27)26(31)28(25(23)30)20-13-12-15(34-2)14-21(20)29(32)33/h4-14,22-24H,3H2,1-2H3/t22?,23-,24-,27?/m0/s1. The number of ether oxygens (including phenoxy) is 1. The molecule has 3 aromatic rings. The van der Waals surface area contributed by atoms with Crippen molar-refractivity contribution >= 4 is 23.2 Å². The minimum Gasteiger partial charge on any atom is -0.496 e. The Labute approximate surface area is 196 Å². The summed E-state index contributed by atoms with van der Waals surface area (Å²) in [5, 5.41) is 11.9. The first-order valence-corrected chi connectivity index (χ1v) is 11.3. The summed E-state index contributed by atoms with van der Waals surface area (Å²) >= 11 is 0. The van der Waals surface area contributed by atoms with E-state index in [2.05, 4.69) is 12.1 Å². The van der Waals surface area contributed by atoms with Crippen molar-refractivity contribution in [3.05, 3.63) is 99.1 Å². The fourth-order valence-corrected chi connectivity index (χ4v) is 6.73. The first kappa shape index (κ1) is 20.6. The molecule has 0 spiro atoms. The third-order valence-electron chi connectivity index (χ3n) is 7.97. The first-order chi connectivity index (χ1) is 16.5. The van der Waals surface area contributed by atoms with E-state index < -0.39 is 22.2 Å². The number of nitro groups is 1. The van der Waals surface area contributed by atoms with Gasteiger partial charge in [-0.2, -0.15) is 0 Å². The number of carbonyl (C=O) groups is 2. The van der Waals surface area contributed by atoms with Crippen LogP contribution in [0.2, 0.25) is 0 Å². The molecule has 34 heavy (non-hydrogen) atoms. The topological polar surface area (TPSA) is 89.8 Å². The molecule has 7 rings (SSSR count). The molecule has 3 aromatic carbocycles. The second-order valence-corrected chi connectivity index (χ2v) is 9.10. The smallest absolute Gasteiger partial charge is 0.297 e. The highest BCUT2D eigenvalue weighted by Crippen LogP contribution is 2.65. The van der Waals surface area contributed by atoms with Crippen LogP contribution in [0.1, 0.15) is 41.5 Å². The predicted molar refractivity (Wildman–Crippen MR) is 125 cm³/mol. The molecule has 1 saturated heterocycles. The van der Waals surface area contributed by atoms with Crippen molar-refractivity contribution in [2.45, 2.75) is 24.7 Å². The van der Waals surface area contributed by atoms with Crippen LogP contribution in [0, 0.1) is 22.0 Å². The van der Waals surface area contributed by atoms with Crippen LogP contribution in [0.4, 0.5) is 11.4 Å². The Balaban J connectivity index is 1.61. The van der Waals surface area contributed by atoms with E-state index in [4.69, 9.17) is 4.74 Å². The number of nitro benzene ring substituents is 1. The van der Waals surface area contributed by atoms with E-state index in [-0.39, 0.29) is 34.9 Å². The Morgan fingerprint density at radius 3 is 2.15 bits per heavy atom. The summed E-state index contributed by atoms with van der Waals surface area (Å²) in [6.07, 6.45) is 0.631. The van der Waals surface area contributed by atoms with Crippen LogP contribution in [0.3, 0.4) is 0 Å². The van der Waals surface area contributed by atoms with Crippen LogP contribution in [-0.4, -0.2) is 23.8 Å². The van der Waals surface area contributed by atoms with Crippen molar-refractivity contribution in [1.82, 2.24) is 0 Å². The third-order valence-corrected chi connectivity index (χ3v) is 7.97. The molecule has 1 fully saturated rings. The van der Waals surface area contributed by atoms with E-state index >= 15 is 0 Å². The number of hydrogen-bond acceptors (Lipinski definition) is 5. The number of hydrogen-bond donors (Lipinski definition) is 0. The van der Waals surface area contributed by atoms with E-state index in [1.807, 2.05) is 43.3 Å². The fourth-order valence-electron chi connectivity index (χ4n) is 6.73. The van der Waals surface area contributed by atoms with Gasteiger partial charge in [-0.15, -0.1) is 0 Å². The van der Waals surface area contributed by atoms with Crippen LogP contribution in [0.5, 0.6) is 5.75 Å². The quantitative estimate of drug-likeness (QED) is 0.327. The molecule has 0 N–H and O–H groups in total. The van der Waals surface area contributed by atoms with Crippen molar-refractivity contribution < 1.29 is 19.2 Å². The molecule has 1 aliphatic heterocycles. The highest BCUT2D eigenvalue weighted by atomic mass is 16.6. The first-order valence-electron chi connectivity index (χ1n) is 11.3. The van der Waals surface area contributed by atoms with E-state index in [0.717, 1.165) is 27.2 Å². The van der Waals surface area contributed by atoms with Gasteiger partial charge in [0, 0.05) is 11.3 Å². The molecule has 2 atom stereocenters. The van der Waals surface area contributed by atoms with E-state index in [1.54, 1.807) is 6.07 Å². The zero-order valence-corrected chi connectivity index (χ0v) is 18.7. The predicted octanol–water partition coefficient (Wildman–Crippen LogP) is 4.56. The lowest BCUT2D eigenvalue weighted by molar-refractivity contribution is -0.384. The highest BCUT2D eigenvalue weighted by Gasteiger charge is 2.67. The number of methoxy groups -OCH3 is 1. The molecule has 3 aliphatic carbocycles. The second-order valence-electron chi connectivity index (χ2n) is 9.10. The van der Waals surface area contributed by atoms with E-state index in [0.29, 0.717) is 6.42 Å². The summed E-state index contributed by atoms with van der Waals surface area (Å²) in [7, 11) is 1.41. The van der Waals surface area contributed by atoms with Gasteiger partial charge in [0.1, 0.15) is 11.4 Å². The van der Waals surface area contributed by atoms with Crippen molar-refractivity contribution in [3.8, 4) is 5.75 Å². The van der Waals surface area contributed by atoms with Gasteiger partial charge >= 0.3 is 0 Å². The van der Waals surface area contributed by atoms with Crippen LogP contribution >= 0.6 is 0 Å². The van der Waals surface area contributed by atoms with Crippen LogP contribution < -0.4 is 9.64 Å². The van der Waals surface area contributed by atoms with Crippen molar-refractivity contribution in [2.24, 2.45) is 11.8 Å². The van der Waals surface area contributed by atoms with Gasteiger partial charge in [-0.05, 0) is 40.8 Å². The summed E-state index contributed by atoms with van der Waals surface area (Å²) in [4.78, 5) is 40.5. The molecule has 7 nitrogen and oxygen atoms in total. The maximum absolute atomic E-state index is 14.1. The summed E-state index contributed by atoms with van der Waals surface area (Å²) in [6, 6.07) is 20.3. The number of rotatable bonds is 4. The second kappa shape index (κ2) is 7.00. The fraction of sp³-hybridized carbons (Fsp3) is 0.259. The Hall–Kier alpha value is -4.00. The average Bonchev–Trinajstić information content (AvgIpc) is 3.14. The number of carbonyl (C=O) groups excluding carboxylic acids is 2. The number of amides is 2. The van der Waals surface area contributed by atoms with Gasteiger partial charge in [-0.3, -0.25) is 19.7 Å². The van der Waals surface area contributed by atoms with Gasteiger partial charge in [0.05, 0.1) is 29.9 Å². The number of benzene rings is 3. The molecule has 2 amide bonds. The molecule has 0 saturated carbocycles. The minimum atomic E-state index is -0.671. The zero-order chi connectivity index (χ0) is 23.8. The lowest BCUT2D eigenvalue weighted by Gasteiger charge is -2.54. The molecule has 1 heterocycles. The van der Waals surface area contributed by atoms with Crippen LogP contribution in [0.25, 0.3) is 0 Å². The molecule has 7 heteroatoms. The van der Waals surface area contributed by atoms with Gasteiger partial charge in [-0.25, -0.2) is 4.90 Å². The maximum Gasteiger partial charge on any atom is 0.297 e. The van der Waals surface area contributed by atoms with E-state index in [9.17, 15) is 19.7 Å². The SMILES string of the molecule is CCC12c3ccccc3C(c3ccccc31)[C@@H]1C(=O)N(c3ccc(OC)cc3[N+](=O)[O-])C(=O)[C@H]12. The summed E-state index contributed by atoms with van der Waals surface area (Å²) in [5.74, 6) is -1.98. The summed E-state index contributed by atoms with van der Waals surface area (Å²) in [5.41, 5.74) is 3.29. The average molecular weight is 454 g/mol. The van der Waals surface area contributed by atoms with E-state index in [1.165, 1.54) is 19.2 Å². The molecular formula is C27H22N2O5. The minimum absolute atomic E-state index is 0.00559. The number of anilines is 1. The molecule has 0 aromatic heterocycles. The monoisotopic (exact) mass is 454 g/mol. The van der Waals surface area contributed by atoms with Crippen molar-refractivity contribution in [1.29, 1.82) is 0 Å². The van der Waals surface area contributed by atoms with Gasteiger partial charge in [0.2, 0.25) is 11.8 Å². The number of nitrogens with zero attached hydrogens (tertiary/aromatic N) is 2. The number of imide groups is 1. The molecule has 2 bridgehead atoms. The largest absolute Gasteiger partial charge is 0.496 e. The normalized spacial score (nSPS) is 26.2. The Bertz CT molecular complexity index is 1350. The van der Waals surface area contributed by atoms with Gasteiger partial charge < -0.3 is 4.74 Å². The summed E-state index contributed by atoms with van der Waals surface area (Å²) < 4.78 is 5.14. The van der Waals surface area contributed by atoms with Crippen LogP contribution in [0.15, 0.2) is 66.7 Å². The van der Waals surface area contributed by atoms with Gasteiger partial charge in [0.25, 0.3) is 5.69 Å². The van der Waals surface area contributed by atoms with Crippen molar-refractivity contribution in [3.63, 3.8) is 0 Å². The van der Waals surface area contributed by atoms with Crippen molar-refractivity contribution in [2.75, 3.05) is 12.0 Å². The molecule has 0 unspecified atom stereocenters. The summed E-state index contributed by atoms with van der Waals surface area (Å²) in [6.45, 7) is 2.05. The molecule has 0 radical (unpaired) electrons. The Morgan fingerprint density at radius 1 is 0.971 bits per heavy atom. The van der Waals surface area contributed by atoms with Gasteiger partial charge in [-0.1, -0.05) is 55.5 Å². The van der Waals surface area contributed by atoms with Crippen LogP contribution in [-0.2, 0) is 15.0 Å². The molecular weight excluding hydrogens is 432 g/mol. The maximum atomic E-state index is 14.1. The highest BCUT2D eigenvalue weighted by molar-refractivity contribution is 6.24. The van der Waals surface area contributed by atoms with Gasteiger partial charge in [0.15, 0.2) is 0 Å². The zero-order valence-electron chi connectivity index (χ0n) is 18.7. The Morgan fingerprint density at radius 2 is 1.59 bits per heavy atom. The molecule has 4 aliphatic rings. The Kier molecular flexibility index (Phi) is 4.24. The molecule has 170 valence electrons.